The van der Waals surface area contributed by atoms with E-state index in [-0.39, 0.29) is 0 Å². The summed E-state index contributed by atoms with van der Waals surface area (Å²) in [7, 11) is 0. The summed E-state index contributed by atoms with van der Waals surface area (Å²) in [4.78, 5) is 0. The molecule has 68 valence electrons. The lowest BCUT2D eigenvalue weighted by Gasteiger charge is -2.16. The molecule has 0 saturated heterocycles. The third kappa shape index (κ3) is 10.3. The van der Waals surface area contributed by atoms with E-state index in [9.17, 15) is 0 Å². The van der Waals surface area contributed by atoms with Gasteiger partial charge in [0.1, 0.15) is 0 Å². The maximum atomic E-state index is 8.52. The van der Waals surface area contributed by atoms with Gasteiger partial charge in [0.25, 0.3) is 0 Å². The average molecular weight is 176 g/mol. The van der Waals surface area contributed by atoms with Crippen molar-refractivity contribution in [3.05, 3.63) is 0 Å². The molecule has 0 amide bonds. The van der Waals surface area contributed by atoms with E-state index < -0.39 is 0 Å². The average Bonchev–Trinajstić information content (AvgIpc) is 1.85. The molecule has 0 unspecified atom stereocenters. The Morgan fingerprint density at radius 1 is 1.09 bits per heavy atom. The molecule has 2 heteroatoms. The van der Waals surface area contributed by atoms with Crippen molar-refractivity contribution >= 4 is 11.8 Å². The second kappa shape index (κ2) is 5.90. The van der Waals surface area contributed by atoms with Gasteiger partial charge in [0.2, 0.25) is 0 Å². The first-order chi connectivity index (χ1) is 5.06. The summed E-state index contributed by atoms with van der Waals surface area (Å²) in [5.74, 6) is 1.23. The molecule has 0 aliphatic carbocycles. The highest BCUT2D eigenvalue weighted by molar-refractivity contribution is 8.00. The van der Waals surface area contributed by atoms with E-state index in [0.29, 0.717) is 11.4 Å². The van der Waals surface area contributed by atoms with Gasteiger partial charge in [-0.25, -0.2) is 0 Å². The predicted molar refractivity (Wildman–Crippen MR) is 53.1 cm³/mol. The second-order valence-corrected chi connectivity index (χ2v) is 5.67. The Bertz CT molecular complexity index is 86.1. The van der Waals surface area contributed by atoms with Gasteiger partial charge in [0.05, 0.1) is 0 Å². The van der Waals surface area contributed by atoms with E-state index in [1.165, 1.54) is 18.6 Å². The molecule has 0 bridgehead atoms. The molecule has 0 aromatic heterocycles. The number of hydrogen-bond acceptors (Lipinski definition) is 2. The number of hydrogen-bond donors (Lipinski definition) is 1. The normalized spacial score (nSPS) is 12.0. The van der Waals surface area contributed by atoms with E-state index >= 15 is 0 Å². The van der Waals surface area contributed by atoms with Gasteiger partial charge in [-0.05, 0) is 18.6 Å². The molecule has 1 nitrogen and oxygen atoms in total. The molecule has 0 aromatic rings. The predicted octanol–water partition coefficient (Wildman–Crippen LogP) is 2.68. The van der Waals surface area contributed by atoms with E-state index in [1.54, 1.807) is 0 Å². The molecule has 1 N–H and O–H groups in total. The van der Waals surface area contributed by atoms with Crippen LogP contribution < -0.4 is 0 Å². The standard InChI is InChI=1S/C9H20OS/c1-9(2,3)11-8-6-4-5-7-10/h10H,4-8H2,1-3H3. The summed E-state index contributed by atoms with van der Waals surface area (Å²) in [5.41, 5.74) is 0. The minimum absolute atomic E-state index is 0.347. The van der Waals surface area contributed by atoms with Gasteiger partial charge in [-0.15, -0.1) is 0 Å². The molecule has 0 heterocycles. The highest BCUT2D eigenvalue weighted by Gasteiger charge is 2.08. The Kier molecular flexibility index (Phi) is 6.06. The van der Waals surface area contributed by atoms with Crippen LogP contribution in [0.1, 0.15) is 40.0 Å². The first kappa shape index (κ1) is 11.3. The molecular formula is C9H20OS. The quantitative estimate of drug-likeness (QED) is 0.650. The molecule has 11 heavy (non-hydrogen) atoms. The van der Waals surface area contributed by atoms with Crippen molar-refractivity contribution in [1.29, 1.82) is 0 Å². The van der Waals surface area contributed by atoms with Crippen molar-refractivity contribution < 1.29 is 5.11 Å². The zero-order chi connectivity index (χ0) is 8.74. The molecule has 0 fully saturated rings. The molecule has 0 aliphatic heterocycles. The molecule has 0 spiro atoms. The van der Waals surface area contributed by atoms with Crippen molar-refractivity contribution in [1.82, 2.24) is 0 Å². The molecule has 0 rings (SSSR count). The minimum Gasteiger partial charge on any atom is -0.396 e. The zero-order valence-corrected chi connectivity index (χ0v) is 8.71. The first-order valence-corrected chi connectivity index (χ1v) is 5.29. The van der Waals surface area contributed by atoms with Crippen LogP contribution >= 0.6 is 11.8 Å². The first-order valence-electron chi connectivity index (χ1n) is 4.31. The highest BCUT2D eigenvalue weighted by atomic mass is 32.2. The summed E-state index contributed by atoms with van der Waals surface area (Å²) >= 11 is 2.00. The van der Waals surface area contributed by atoms with Gasteiger partial charge in [0.15, 0.2) is 0 Å². The number of aliphatic hydroxyl groups excluding tert-OH is 1. The SMILES string of the molecule is CC(C)(C)SCCCCCO. The summed E-state index contributed by atoms with van der Waals surface area (Å²) in [6.45, 7) is 7.07. The largest absolute Gasteiger partial charge is 0.396 e. The third-order valence-corrected chi connectivity index (χ3v) is 2.70. The van der Waals surface area contributed by atoms with Crippen molar-refractivity contribution in [2.75, 3.05) is 12.4 Å². The van der Waals surface area contributed by atoms with Crippen LogP contribution in [0.25, 0.3) is 0 Å². The van der Waals surface area contributed by atoms with Crippen LogP contribution in [-0.4, -0.2) is 22.2 Å². The van der Waals surface area contributed by atoms with Gasteiger partial charge >= 0.3 is 0 Å². The molecule has 0 saturated carbocycles. The highest BCUT2D eigenvalue weighted by Crippen LogP contribution is 2.24. The summed E-state index contributed by atoms with van der Waals surface area (Å²) < 4.78 is 0.402. The second-order valence-electron chi connectivity index (χ2n) is 3.75. The fourth-order valence-corrected chi connectivity index (χ4v) is 1.73. The maximum Gasteiger partial charge on any atom is 0.0431 e. The topological polar surface area (TPSA) is 20.2 Å². The van der Waals surface area contributed by atoms with Gasteiger partial charge in [-0.1, -0.05) is 27.2 Å². The Hall–Kier alpha value is 0.310. The minimum atomic E-state index is 0.347. The van der Waals surface area contributed by atoms with Crippen molar-refractivity contribution in [3.63, 3.8) is 0 Å². The van der Waals surface area contributed by atoms with E-state index in [1.807, 2.05) is 11.8 Å². The van der Waals surface area contributed by atoms with Gasteiger partial charge in [0, 0.05) is 11.4 Å². The van der Waals surface area contributed by atoms with E-state index in [2.05, 4.69) is 20.8 Å². The molecule has 0 atom stereocenters. The number of unbranched alkanes of at least 4 members (excludes halogenated alkanes) is 2. The van der Waals surface area contributed by atoms with Crippen LogP contribution in [0.15, 0.2) is 0 Å². The lowest BCUT2D eigenvalue weighted by Crippen LogP contribution is -2.08. The number of aliphatic hydroxyl groups is 1. The molecular weight excluding hydrogens is 156 g/mol. The Labute approximate surface area is 74.6 Å². The van der Waals surface area contributed by atoms with E-state index in [0.717, 1.165) is 6.42 Å². The zero-order valence-electron chi connectivity index (χ0n) is 7.89. The summed E-state index contributed by atoms with van der Waals surface area (Å²) in [6, 6.07) is 0. The smallest absolute Gasteiger partial charge is 0.0431 e. The summed E-state index contributed by atoms with van der Waals surface area (Å²) in [6.07, 6.45) is 3.37. The van der Waals surface area contributed by atoms with Crippen molar-refractivity contribution in [2.24, 2.45) is 0 Å². The van der Waals surface area contributed by atoms with Gasteiger partial charge < -0.3 is 5.11 Å². The van der Waals surface area contributed by atoms with Crippen LogP contribution in [0, 0.1) is 0 Å². The third-order valence-electron chi connectivity index (χ3n) is 1.34. The van der Waals surface area contributed by atoms with Crippen LogP contribution in [0.5, 0.6) is 0 Å². The van der Waals surface area contributed by atoms with Gasteiger partial charge in [-0.2, -0.15) is 11.8 Å². The van der Waals surface area contributed by atoms with Crippen LogP contribution in [-0.2, 0) is 0 Å². The lowest BCUT2D eigenvalue weighted by atomic mass is 10.2. The fourth-order valence-electron chi connectivity index (χ4n) is 0.769. The number of rotatable bonds is 5. The monoisotopic (exact) mass is 176 g/mol. The number of thioether (sulfide) groups is 1. The molecule has 0 aromatic carbocycles. The van der Waals surface area contributed by atoms with Crippen LogP contribution in [0.3, 0.4) is 0 Å². The Morgan fingerprint density at radius 3 is 2.18 bits per heavy atom. The van der Waals surface area contributed by atoms with Crippen LogP contribution in [0.4, 0.5) is 0 Å². The Morgan fingerprint density at radius 2 is 1.73 bits per heavy atom. The van der Waals surface area contributed by atoms with Gasteiger partial charge in [-0.3, -0.25) is 0 Å². The lowest BCUT2D eigenvalue weighted by molar-refractivity contribution is 0.284. The summed E-state index contributed by atoms with van der Waals surface area (Å²) in [5, 5.41) is 8.52. The van der Waals surface area contributed by atoms with Crippen molar-refractivity contribution in [3.8, 4) is 0 Å². The van der Waals surface area contributed by atoms with E-state index in [4.69, 9.17) is 5.11 Å². The maximum absolute atomic E-state index is 8.52. The molecule has 0 radical (unpaired) electrons. The fraction of sp³-hybridized carbons (Fsp3) is 1.00. The molecule has 0 aliphatic rings. The van der Waals surface area contributed by atoms with Crippen LogP contribution in [0.2, 0.25) is 0 Å². The van der Waals surface area contributed by atoms with Crippen molar-refractivity contribution in [2.45, 2.75) is 44.8 Å². The Balaban J connectivity index is 3.02.